The number of nitrogens with zero attached hydrogens (tertiary/aromatic N) is 1. The molecule has 80 valence electrons. The highest BCUT2D eigenvalue weighted by atomic mass is 16.1. The molecular formula is C12H21NO. The van der Waals surface area contributed by atoms with E-state index in [2.05, 4.69) is 18.7 Å². The van der Waals surface area contributed by atoms with E-state index >= 15 is 0 Å². The first-order valence-corrected chi connectivity index (χ1v) is 5.91. The number of likely N-dealkylation sites (tertiary alicyclic amines) is 1. The number of carbonyl (C=O) groups excluding carboxylic acids is 1. The highest BCUT2D eigenvalue weighted by molar-refractivity contribution is 5.86. The van der Waals surface area contributed by atoms with Gasteiger partial charge in [0.05, 0.1) is 0 Å². The maximum Gasteiger partial charge on any atom is 0.139 e. The molecular weight excluding hydrogens is 174 g/mol. The molecule has 1 saturated carbocycles. The van der Waals surface area contributed by atoms with Gasteiger partial charge in [-0.25, -0.2) is 0 Å². The van der Waals surface area contributed by atoms with Gasteiger partial charge in [0.25, 0.3) is 0 Å². The Balaban J connectivity index is 1.98. The van der Waals surface area contributed by atoms with Crippen LogP contribution < -0.4 is 0 Å². The zero-order valence-electron chi connectivity index (χ0n) is 9.38. The van der Waals surface area contributed by atoms with Crippen molar-refractivity contribution in [1.82, 2.24) is 4.90 Å². The van der Waals surface area contributed by atoms with Gasteiger partial charge >= 0.3 is 0 Å². The summed E-state index contributed by atoms with van der Waals surface area (Å²) in [6, 6.07) is 0.642. The second-order valence-electron chi connectivity index (χ2n) is 5.19. The van der Waals surface area contributed by atoms with Gasteiger partial charge in [0.1, 0.15) is 5.78 Å². The molecule has 1 aliphatic carbocycles. The van der Waals surface area contributed by atoms with E-state index in [1.807, 2.05) is 0 Å². The molecule has 2 rings (SSSR count). The average Bonchev–Trinajstić information content (AvgIpc) is 2.49. The highest BCUT2D eigenvalue weighted by Crippen LogP contribution is 2.43. The topological polar surface area (TPSA) is 20.3 Å². The second kappa shape index (κ2) is 3.65. The Bertz CT molecular complexity index is 226. The normalized spacial score (nSPS) is 27.8. The van der Waals surface area contributed by atoms with Crippen LogP contribution in [0.3, 0.4) is 0 Å². The molecule has 0 amide bonds. The Morgan fingerprint density at radius 2 is 1.86 bits per heavy atom. The Kier molecular flexibility index (Phi) is 2.65. The van der Waals surface area contributed by atoms with Crippen molar-refractivity contribution in [3.63, 3.8) is 0 Å². The quantitative estimate of drug-likeness (QED) is 0.639. The zero-order chi connectivity index (χ0) is 10.2. The van der Waals surface area contributed by atoms with Gasteiger partial charge in [-0.1, -0.05) is 0 Å². The SMILES string of the molecule is CC(C)N1CCC2(CCCC2=O)CC1. The molecule has 2 fully saturated rings. The molecule has 0 aromatic rings. The van der Waals surface area contributed by atoms with Crippen LogP contribution in [0.5, 0.6) is 0 Å². The fourth-order valence-electron chi connectivity index (χ4n) is 2.99. The molecule has 2 aliphatic rings. The van der Waals surface area contributed by atoms with E-state index in [0.717, 1.165) is 45.2 Å². The Morgan fingerprint density at radius 1 is 1.21 bits per heavy atom. The third-order valence-corrected chi connectivity index (χ3v) is 4.14. The van der Waals surface area contributed by atoms with Crippen molar-refractivity contribution in [3.8, 4) is 0 Å². The van der Waals surface area contributed by atoms with Gasteiger partial charge in [0.15, 0.2) is 0 Å². The van der Waals surface area contributed by atoms with Crippen molar-refractivity contribution in [2.75, 3.05) is 13.1 Å². The van der Waals surface area contributed by atoms with Crippen LogP contribution in [0.2, 0.25) is 0 Å². The molecule has 0 aromatic heterocycles. The Hall–Kier alpha value is -0.370. The number of ketones is 1. The van der Waals surface area contributed by atoms with Crippen molar-refractivity contribution < 1.29 is 4.79 Å². The van der Waals surface area contributed by atoms with Crippen molar-refractivity contribution in [1.29, 1.82) is 0 Å². The number of hydrogen-bond acceptors (Lipinski definition) is 2. The standard InChI is InChI=1S/C12H21NO/c1-10(2)13-8-6-12(7-9-13)5-3-4-11(12)14/h10H,3-9H2,1-2H3. The summed E-state index contributed by atoms with van der Waals surface area (Å²) in [5, 5.41) is 0. The summed E-state index contributed by atoms with van der Waals surface area (Å²) in [5.41, 5.74) is 0.116. The van der Waals surface area contributed by atoms with E-state index in [1.165, 1.54) is 0 Å². The minimum absolute atomic E-state index is 0.116. The first kappa shape index (κ1) is 10.2. The molecule has 1 aliphatic heterocycles. The minimum Gasteiger partial charge on any atom is -0.301 e. The van der Waals surface area contributed by atoms with E-state index in [-0.39, 0.29) is 5.41 Å². The minimum atomic E-state index is 0.116. The molecule has 14 heavy (non-hydrogen) atoms. The summed E-state index contributed by atoms with van der Waals surface area (Å²) < 4.78 is 0. The lowest BCUT2D eigenvalue weighted by Gasteiger charge is -2.40. The van der Waals surface area contributed by atoms with Gasteiger partial charge in [0, 0.05) is 17.9 Å². The van der Waals surface area contributed by atoms with E-state index in [9.17, 15) is 4.79 Å². The van der Waals surface area contributed by atoms with E-state index < -0.39 is 0 Å². The summed E-state index contributed by atoms with van der Waals surface area (Å²) in [6.45, 7) is 6.75. The van der Waals surface area contributed by atoms with E-state index in [4.69, 9.17) is 0 Å². The van der Waals surface area contributed by atoms with Gasteiger partial charge in [-0.3, -0.25) is 4.79 Å². The summed E-state index contributed by atoms with van der Waals surface area (Å²) in [4.78, 5) is 14.3. The van der Waals surface area contributed by atoms with E-state index in [0.29, 0.717) is 11.8 Å². The molecule has 0 atom stereocenters. The predicted molar refractivity (Wildman–Crippen MR) is 57.2 cm³/mol. The predicted octanol–water partition coefficient (Wildman–Crippen LogP) is 2.23. The molecule has 1 spiro atoms. The molecule has 2 heteroatoms. The van der Waals surface area contributed by atoms with Crippen LogP contribution in [-0.2, 0) is 4.79 Å². The van der Waals surface area contributed by atoms with Gasteiger partial charge in [-0.15, -0.1) is 0 Å². The number of Topliss-reactive ketones (excluding diaryl/α,β-unsaturated/α-hetero) is 1. The van der Waals surface area contributed by atoms with Gasteiger partial charge < -0.3 is 4.90 Å². The molecule has 0 bridgehead atoms. The maximum absolute atomic E-state index is 11.8. The number of rotatable bonds is 1. The molecule has 1 saturated heterocycles. The van der Waals surface area contributed by atoms with Crippen LogP contribution in [-0.4, -0.2) is 29.8 Å². The molecule has 2 nitrogen and oxygen atoms in total. The van der Waals surface area contributed by atoms with Crippen LogP contribution in [0, 0.1) is 5.41 Å². The summed E-state index contributed by atoms with van der Waals surface area (Å²) in [7, 11) is 0. The van der Waals surface area contributed by atoms with Crippen LogP contribution in [0.4, 0.5) is 0 Å². The summed E-state index contributed by atoms with van der Waals surface area (Å²) >= 11 is 0. The van der Waals surface area contributed by atoms with Crippen molar-refractivity contribution in [2.45, 2.75) is 52.0 Å². The lowest BCUT2D eigenvalue weighted by molar-refractivity contribution is -0.128. The Labute approximate surface area is 86.7 Å². The number of carbonyl (C=O) groups is 1. The van der Waals surface area contributed by atoms with E-state index in [1.54, 1.807) is 0 Å². The summed E-state index contributed by atoms with van der Waals surface area (Å²) in [6.07, 6.45) is 5.38. The first-order chi connectivity index (χ1) is 6.64. The lowest BCUT2D eigenvalue weighted by atomic mass is 9.76. The average molecular weight is 195 g/mol. The van der Waals surface area contributed by atoms with Gasteiger partial charge in [0.2, 0.25) is 0 Å². The lowest BCUT2D eigenvalue weighted by Crippen LogP contribution is -2.44. The maximum atomic E-state index is 11.8. The largest absolute Gasteiger partial charge is 0.301 e. The van der Waals surface area contributed by atoms with Gasteiger partial charge in [-0.2, -0.15) is 0 Å². The van der Waals surface area contributed by atoms with Crippen LogP contribution in [0.15, 0.2) is 0 Å². The highest BCUT2D eigenvalue weighted by Gasteiger charge is 2.43. The molecule has 1 heterocycles. The first-order valence-electron chi connectivity index (χ1n) is 5.91. The molecule has 0 aromatic carbocycles. The molecule has 0 N–H and O–H groups in total. The fourth-order valence-corrected chi connectivity index (χ4v) is 2.99. The monoisotopic (exact) mass is 195 g/mol. The van der Waals surface area contributed by atoms with Gasteiger partial charge in [-0.05, 0) is 52.6 Å². The molecule has 0 radical (unpaired) electrons. The van der Waals surface area contributed by atoms with Crippen LogP contribution >= 0.6 is 0 Å². The van der Waals surface area contributed by atoms with Crippen molar-refractivity contribution in [2.24, 2.45) is 5.41 Å². The fraction of sp³-hybridized carbons (Fsp3) is 0.917. The van der Waals surface area contributed by atoms with Crippen LogP contribution in [0.1, 0.15) is 46.0 Å². The van der Waals surface area contributed by atoms with Crippen LogP contribution in [0.25, 0.3) is 0 Å². The van der Waals surface area contributed by atoms with Crippen molar-refractivity contribution in [3.05, 3.63) is 0 Å². The smallest absolute Gasteiger partial charge is 0.139 e. The van der Waals surface area contributed by atoms with Crippen molar-refractivity contribution >= 4 is 5.78 Å². The number of hydrogen-bond donors (Lipinski definition) is 0. The summed E-state index contributed by atoms with van der Waals surface area (Å²) in [5.74, 6) is 0.556. The Morgan fingerprint density at radius 3 is 2.29 bits per heavy atom. The zero-order valence-corrected chi connectivity index (χ0v) is 9.38. The third kappa shape index (κ3) is 1.60. The number of piperidine rings is 1. The second-order valence-corrected chi connectivity index (χ2v) is 5.19. The third-order valence-electron chi connectivity index (χ3n) is 4.14. The molecule has 0 unspecified atom stereocenters.